The van der Waals surface area contributed by atoms with Gasteiger partial charge in [0.25, 0.3) is 5.91 Å². The summed E-state index contributed by atoms with van der Waals surface area (Å²) in [7, 11) is -3.43. The number of thiazole rings is 1. The van der Waals surface area contributed by atoms with Crippen LogP contribution in [0.25, 0.3) is 0 Å². The average Bonchev–Trinajstić information content (AvgIpc) is 3.08. The molecular weight excluding hydrogens is 334 g/mol. The monoisotopic (exact) mass is 351 g/mol. The fourth-order valence-electron chi connectivity index (χ4n) is 2.61. The summed E-state index contributed by atoms with van der Waals surface area (Å²) in [6.07, 6.45) is 2.89. The van der Waals surface area contributed by atoms with Crippen molar-refractivity contribution in [3.05, 3.63) is 41.4 Å². The van der Waals surface area contributed by atoms with Crippen molar-refractivity contribution in [2.24, 2.45) is 0 Å². The van der Waals surface area contributed by atoms with Gasteiger partial charge in [-0.15, -0.1) is 11.3 Å². The molecule has 1 aliphatic rings. The fraction of sp³-hybridized carbons (Fsp3) is 0.333. The summed E-state index contributed by atoms with van der Waals surface area (Å²) in [6, 6.07) is 6.38. The predicted octanol–water partition coefficient (Wildman–Crippen LogP) is 1.51. The number of sulfone groups is 1. The third kappa shape index (κ3) is 3.37. The Kier molecular flexibility index (Phi) is 4.36. The fourth-order valence-corrected chi connectivity index (χ4v) is 4.19. The zero-order valence-corrected chi connectivity index (χ0v) is 14.3. The largest absolute Gasteiger partial charge is 0.345 e. The van der Waals surface area contributed by atoms with E-state index in [-0.39, 0.29) is 16.4 Å². The lowest BCUT2D eigenvalue weighted by atomic mass is 10.2. The Morgan fingerprint density at radius 2 is 1.87 bits per heavy atom. The van der Waals surface area contributed by atoms with E-state index in [4.69, 9.17) is 0 Å². The zero-order chi connectivity index (χ0) is 16.4. The van der Waals surface area contributed by atoms with Crippen molar-refractivity contribution in [3.8, 4) is 0 Å². The maximum atomic E-state index is 12.7. The summed E-state index contributed by atoms with van der Waals surface area (Å²) in [5.41, 5.74) is 0.248. The number of hydrogen-bond acceptors (Lipinski definition) is 6. The number of carbonyl (C=O) groups is 1. The lowest BCUT2D eigenvalue weighted by Crippen LogP contribution is -2.49. The highest BCUT2D eigenvalue weighted by Crippen LogP contribution is 2.21. The van der Waals surface area contributed by atoms with Crippen molar-refractivity contribution < 1.29 is 13.2 Å². The van der Waals surface area contributed by atoms with E-state index < -0.39 is 9.84 Å². The van der Waals surface area contributed by atoms with Crippen LogP contribution in [0, 0.1) is 0 Å². The van der Waals surface area contributed by atoms with E-state index in [0.29, 0.717) is 26.2 Å². The minimum absolute atomic E-state index is 0.0901. The molecule has 0 N–H and O–H groups in total. The molecule has 122 valence electrons. The zero-order valence-electron chi connectivity index (χ0n) is 12.7. The van der Waals surface area contributed by atoms with Gasteiger partial charge in [-0.05, 0) is 12.1 Å². The van der Waals surface area contributed by atoms with E-state index in [1.165, 1.54) is 6.07 Å². The number of benzene rings is 1. The molecule has 0 spiro atoms. The van der Waals surface area contributed by atoms with Crippen molar-refractivity contribution >= 4 is 32.2 Å². The van der Waals surface area contributed by atoms with Crippen molar-refractivity contribution in [3.63, 3.8) is 0 Å². The molecule has 1 aromatic heterocycles. The van der Waals surface area contributed by atoms with Crippen molar-refractivity contribution in [2.45, 2.75) is 4.90 Å². The first-order chi connectivity index (χ1) is 11.0. The minimum Gasteiger partial charge on any atom is -0.345 e. The van der Waals surface area contributed by atoms with Crippen LogP contribution in [-0.2, 0) is 9.84 Å². The molecule has 1 saturated heterocycles. The Hall–Kier alpha value is -1.93. The van der Waals surface area contributed by atoms with Crippen LogP contribution in [0.4, 0.5) is 5.13 Å². The maximum Gasteiger partial charge on any atom is 0.255 e. The highest BCUT2D eigenvalue weighted by atomic mass is 32.2. The average molecular weight is 351 g/mol. The summed E-state index contributed by atoms with van der Waals surface area (Å²) in [6.45, 7) is 2.49. The van der Waals surface area contributed by atoms with Gasteiger partial charge >= 0.3 is 0 Å². The highest BCUT2D eigenvalue weighted by Gasteiger charge is 2.26. The second-order valence-electron chi connectivity index (χ2n) is 5.36. The van der Waals surface area contributed by atoms with Gasteiger partial charge in [-0.1, -0.05) is 12.1 Å². The first-order valence-electron chi connectivity index (χ1n) is 7.19. The number of nitrogens with zero attached hydrogens (tertiary/aromatic N) is 3. The van der Waals surface area contributed by atoms with Gasteiger partial charge in [0.15, 0.2) is 15.0 Å². The number of rotatable bonds is 3. The molecule has 8 heteroatoms. The minimum atomic E-state index is -3.43. The van der Waals surface area contributed by atoms with Crippen molar-refractivity contribution in [1.29, 1.82) is 0 Å². The first-order valence-corrected chi connectivity index (χ1v) is 9.97. The Labute approximate surface area is 139 Å². The van der Waals surface area contributed by atoms with Gasteiger partial charge in [0.05, 0.1) is 10.5 Å². The molecule has 6 nitrogen and oxygen atoms in total. The molecule has 0 radical (unpaired) electrons. The molecule has 0 unspecified atom stereocenters. The van der Waals surface area contributed by atoms with Crippen LogP contribution in [0.3, 0.4) is 0 Å². The Morgan fingerprint density at radius 1 is 1.17 bits per heavy atom. The van der Waals surface area contributed by atoms with Crippen LogP contribution in [0.5, 0.6) is 0 Å². The summed E-state index contributed by atoms with van der Waals surface area (Å²) in [5, 5.41) is 2.88. The van der Waals surface area contributed by atoms with Crippen LogP contribution in [0.1, 0.15) is 10.4 Å². The smallest absolute Gasteiger partial charge is 0.255 e. The van der Waals surface area contributed by atoms with Gasteiger partial charge in [-0.25, -0.2) is 13.4 Å². The van der Waals surface area contributed by atoms with E-state index in [1.54, 1.807) is 40.6 Å². The second kappa shape index (κ2) is 6.29. The number of anilines is 1. The van der Waals surface area contributed by atoms with E-state index in [2.05, 4.69) is 9.88 Å². The number of carbonyl (C=O) groups excluding carboxylic acids is 1. The molecule has 2 aromatic rings. The molecule has 0 bridgehead atoms. The van der Waals surface area contributed by atoms with Gasteiger partial charge in [0.2, 0.25) is 0 Å². The van der Waals surface area contributed by atoms with Crippen molar-refractivity contribution in [1.82, 2.24) is 9.88 Å². The molecule has 0 saturated carbocycles. The van der Waals surface area contributed by atoms with Crippen LogP contribution in [0.15, 0.2) is 40.7 Å². The summed E-state index contributed by atoms with van der Waals surface area (Å²) in [4.78, 5) is 20.9. The van der Waals surface area contributed by atoms with Gasteiger partial charge in [0, 0.05) is 44.0 Å². The number of hydrogen-bond donors (Lipinski definition) is 0. The molecule has 1 fully saturated rings. The summed E-state index contributed by atoms with van der Waals surface area (Å²) < 4.78 is 23.7. The van der Waals surface area contributed by atoms with Gasteiger partial charge in [-0.3, -0.25) is 4.79 Å². The van der Waals surface area contributed by atoms with Gasteiger partial charge in [0.1, 0.15) is 0 Å². The molecule has 2 heterocycles. The van der Waals surface area contributed by atoms with E-state index >= 15 is 0 Å². The first kappa shape index (κ1) is 15.9. The lowest BCUT2D eigenvalue weighted by molar-refractivity contribution is 0.0743. The normalized spacial score (nSPS) is 15.7. The molecule has 0 aliphatic carbocycles. The van der Waals surface area contributed by atoms with Crippen LogP contribution < -0.4 is 4.90 Å². The van der Waals surface area contributed by atoms with Gasteiger partial charge < -0.3 is 9.80 Å². The summed E-state index contributed by atoms with van der Waals surface area (Å²) in [5.74, 6) is -0.232. The molecule has 23 heavy (non-hydrogen) atoms. The molecule has 1 aliphatic heterocycles. The van der Waals surface area contributed by atoms with E-state index in [1.807, 2.05) is 5.38 Å². The Bertz CT molecular complexity index is 795. The van der Waals surface area contributed by atoms with Gasteiger partial charge in [-0.2, -0.15) is 0 Å². The number of amides is 1. The van der Waals surface area contributed by atoms with E-state index in [0.717, 1.165) is 11.4 Å². The molecule has 0 atom stereocenters. The topological polar surface area (TPSA) is 70.6 Å². The Balaban J connectivity index is 1.76. The standard InChI is InChI=1S/C15H17N3O3S2/c1-23(20,21)13-5-3-2-4-12(13)14(19)17-7-9-18(10-8-17)15-16-6-11-22-15/h2-6,11H,7-10H2,1H3. The Morgan fingerprint density at radius 3 is 2.48 bits per heavy atom. The predicted molar refractivity (Wildman–Crippen MR) is 89.8 cm³/mol. The van der Waals surface area contributed by atoms with Crippen LogP contribution in [0.2, 0.25) is 0 Å². The van der Waals surface area contributed by atoms with Crippen molar-refractivity contribution in [2.75, 3.05) is 37.3 Å². The highest BCUT2D eigenvalue weighted by molar-refractivity contribution is 7.90. The molecular formula is C15H17N3O3S2. The second-order valence-corrected chi connectivity index (χ2v) is 8.22. The number of aromatic nitrogens is 1. The third-order valence-electron chi connectivity index (χ3n) is 3.77. The summed E-state index contributed by atoms with van der Waals surface area (Å²) >= 11 is 1.57. The molecule has 1 amide bonds. The SMILES string of the molecule is CS(=O)(=O)c1ccccc1C(=O)N1CCN(c2nccs2)CC1. The van der Waals surface area contributed by atoms with Crippen LogP contribution >= 0.6 is 11.3 Å². The molecule has 3 rings (SSSR count). The number of piperazine rings is 1. The third-order valence-corrected chi connectivity index (χ3v) is 5.76. The van der Waals surface area contributed by atoms with Crippen LogP contribution in [-0.4, -0.2) is 56.6 Å². The molecule has 1 aromatic carbocycles. The van der Waals surface area contributed by atoms with E-state index in [9.17, 15) is 13.2 Å². The lowest BCUT2D eigenvalue weighted by Gasteiger charge is -2.34. The quantitative estimate of drug-likeness (QED) is 0.838. The maximum absolute atomic E-state index is 12.7.